The fourth-order valence-electron chi connectivity index (χ4n) is 0.197. The third-order valence-corrected chi connectivity index (χ3v) is 1.51. The Balaban J connectivity index is 0. The van der Waals surface area contributed by atoms with Crippen molar-refractivity contribution in [3.05, 3.63) is 0 Å². The topological polar surface area (TPSA) is 25.8 Å². The van der Waals surface area contributed by atoms with Crippen molar-refractivity contribution >= 4 is 36.8 Å². The summed E-state index contributed by atoms with van der Waals surface area (Å²) in [6, 6.07) is 0. The first-order chi connectivity index (χ1) is 3.29. The van der Waals surface area contributed by atoms with Crippen molar-refractivity contribution in [3.63, 3.8) is 0 Å². The number of rotatable bonds is 0. The van der Waals surface area contributed by atoms with Gasteiger partial charge in [-0.15, -0.1) is 0 Å². The molecule has 0 spiro atoms. The first-order valence-corrected chi connectivity index (χ1v) is 3.06. The molecule has 0 amide bonds. The second-order valence-corrected chi connectivity index (χ2v) is 2.60. The Morgan fingerprint density at radius 1 is 1.22 bits per heavy atom. The number of aromatic nitrogens is 2. The first kappa shape index (κ1) is 14.8. The van der Waals surface area contributed by atoms with Gasteiger partial charge in [-0.3, -0.25) is 16.5 Å². The molecule has 0 bridgehead atoms. The van der Waals surface area contributed by atoms with Crippen LogP contribution in [0.4, 0.5) is 0 Å². The van der Waals surface area contributed by atoms with Crippen LogP contribution in [0.5, 0.6) is 0 Å². The normalized spacial score (nSPS) is 7.11. The monoisotopic (exact) mass is 226 g/mol. The summed E-state index contributed by atoms with van der Waals surface area (Å²) in [6.45, 7) is 0. The van der Waals surface area contributed by atoms with Crippen molar-refractivity contribution in [2.45, 2.75) is 9.50 Å². The van der Waals surface area contributed by atoms with Gasteiger partial charge in [0.05, 0.1) is 0 Å². The van der Waals surface area contributed by atoms with E-state index in [1.807, 2.05) is 0 Å². The van der Waals surface area contributed by atoms with Crippen molar-refractivity contribution in [2.24, 2.45) is 0 Å². The third-order valence-electron chi connectivity index (χ3n) is 0.389. The molecule has 0 aliphatic carbocycles. The van der Waals surface area contributed by atoms with Crippen LogP contribution < -0.4 is 103 Å². The molecule has 0 atom stereocenters. The molecule has 0 fully saturated rings. The van der Waals surface area contributed by atoms with Crippen molar-refractivity contribution < 1.29 is 103 Å². The molecule has 1 rings (SSSR count). The van der Waals surface area contributed by atoms with E-state index < -0.39 is 0 Å². The van der Waals surface area contributed by atoms with Crippen LogP contribution in [0.1, 0.15) is 0 Å². The van der Waals surface area contributed by atoms with E-state index in [1.54, 1.807) is 0 Å². The van der Waals surface area contributed by atoms with E-state index in [4.69, 9.17) is 0 Å². The molecule has 0 unspecified atom stereocenters. The van der Waals surface area contributed by atoms with Crippen molar-refractivity contribution in [3.8, 4) is 0 Å². The Morgan fingerprint density at radius 3 is 1.89 bits per heavy atom. The SMILES string of the molecule is [K+].[K+].[S-]c1nsc([S-])n1. The van der Waals surface area contributed by atoms with Gasteiger partial charge in [-0.2, -0.15) is 0 Å². The second kappa shape index (κ2) is 7.90. The van der Waals surface area contributed by atoms with E-state index in [-0.39, 0.29) is 103 Å². The smallest absolute Gasteiger partial charge is 0.741 e. The van der Waals surface area contributed by atoms with Gasteiger partial charge in [-0.05, 0) is 9.50 Å². The Hall–Kier alpha value is 3.27. The van der Waals surface area contributed by atoms with E-state index in [9.17, 15) is 0 Å². The predicted octanol–water partition coefficient (Wildman–Crippen LogP) is -5.64. The van der Waals surface area contributed by atoms with Gasteiger partial charge in [0, 0.05) is 0 Å². The van der Waals surface area contributed by atoms with Crippen LogP contribution in [-0.2, 0) is 25.3 Å². The average Bonchev–Trinajstić information content (AvgIpc) is 1.87. The quantitative estimate of drug-likeness (QED) is 0.325. The van der Waals surface area contributed by atoms with Crippen LogP contribution in [-0.4, -0.2) is 9.36 Å². The number of hydrogen-bond acceptors (Lipinski definition) is 5. The number of nitrogens with zero attached hydrogens (tertiary/aromatic N) is 2. The Bertz CT molecular complexity index is 150. The first-order valence-electron chi connectivity index (χ1n) is 1.47. The van der Waals surface area contributed by atoms with Gasteiger partial charge in [0.2, 0.25) is 0 Å². The van der Waals surface area contributed by atoms with Gasteiger partial charge in [0.15, 0.2) is 0 Å². The van der Waals surface area contributed by atoms with Gasteiger partial charge in [-0.1, -0.05) is 0 Å². The van der Waals surface area contributed by atoms with Gasteiger partial charge in [-0.25, -0.2) is 0 Å². The summed E-state index contributed by atoms with van der Waals surface area (Å²) in [4.78, 5) is 3.65. The van der Waals surface area contributed by atoms with E-state index in [0.29, 0.717) is 9.50 Å². The van der Waals surface area contributed by atoms with Crippen LogP contribution in [0.25, 0.3) is 0 Å². The van der Waals surface area contributed by atoms with Crippen LogP contribution in [0.15, 0.2) is 9.50 Å². The van der Waals surface area contributed by atoms with Crippen LogP contribution >= 0.6 is 11.5 Å². The van der Waals surface area contributed by atoms with Gasteiger partial charge >= 0.3 is 103 Å². The molecule has 9 heavy (non-hydrogen) atoms. The fraction of sp³-hybridized carbons (Fsp3) is 0. The average molecular weight is 226 g/mol. The second-order valence-electron chi connectivity index (χ2n) is 0.843. The largest absolute Gasteiger partial charge is 1.00 e. The van der Waals surface area contributed by atoms with E-state index in [2.05, 4.69) is 34.6 Å². The summed E-state index contributed by atoms with van der Waals surface area (Å²) >= 11 is 10.3. The van der Waals surface area contributed by atoms with Crippen molar-refractivity contribution in [1.29, 1.82) is 0 Å². The zero-order chi connectivity index (χ0) is 5.28. The summed E-state index contributed by atoms with van der Waals surface area (Å²) in [5.74, 6) is 0. The van der Waals surface area contributed by atoms with Crippen LogP contribution in [0.2, 0.25) is 0 Å². The summed E-state index contributed by atoms with van der Waals surface area (Å²) in [5.41, 5.74) is 0. The van der Waals surface area contributed by atoms with Crippen LogP contribution in [0.3, 0.4) is 0 Å². The summed E-state index contributed by atoms with van der Waals surface area (Å²) in [5, 5.41) is 0.356. The molecule has 0 saturated carbocycles. The van der Waals surface area contributed by atoms with Gasteiger partial charge in [0.25, 0.3) is 0 Å². The minimum atomic E-state index is 0. The Kier molecular flexibility index (Phi) is 13.0. The van der Waals surface area contributed by atoms with E-state index >= 15 is 0 Å². The molecule has 2 nitrogen and oxygen atoms in total. The summed E-state index contributed by atoms with van der Waals surface area (Å²) in [6.07, 6.45) is 0. The molecule has 0 aliphatic heterocycles. The third kappa shape index (κ3) is 6.44. The van der Waals surface area contributed by atoms with Gasteiger partial charge < -0.3 is 29.6 Å². The molecule has 0 saturated heterocycles. The molecule has 7 heteroatoms. The standard InChI is InChI=1S/C2H2N2S3.2K/c5-1-3-2(6)7-4-1;;/h(H2,3,4,5,6);;/q;2*+1/p-2. The van der Waals surface area contributed by atoms with Gasteiger partial charge in [0.1, 0.15) is 0 Å². The maximum absolute atomic E-state index is 4.61. The summed E-state index contributed by atoms with van der Waals surface area (Å²) < 4.78 is 4.18. The Labute approximate surface area is 154 Å². The molecular weight excluding hydrogens is 226 g/mol. The molecule has 1 aromatic heterocycles. The zero-order valence-electron chi connectivity index (χ0n) is 5.12. The molecule has 0 N–H and O–H groups in total. The number of hydrogen-bond donors (Lipinski definition) is 0. The van der Waals surface area contributed by atoms with Crippen LogP contribution in [0, 0.1) is 0 Å². The predicted molar refractivity (Wildman–Crippen MR) is 31.2 cm³/mol. The minimum absolute atomic E-state index is 0. The van der Waals surface area contributed by atoms with E-state index in [1.165, 1.54) is 0 Å². The zero-order valence-corrected chi connectivity index (χ0v) is 13.8. The minimum Gasteiger partial charge on any atom is -0.741 e. The molecule has 0 aromatic carbocycles. The molecule has 1 aromatic rings. The maximum atomic E-state index is 4.61. The summed E-state index contributed by atoms with van der Waals surface area (Å²) in [7, 11) is 0. The molecule has 38 valence electrons. The van der Waals surface area contributed by atoms with Crippen molar-refractivity contribution in [1.82, 2.24) is 9.36 Å². The molecular formula is C2K2N2S3. The fourth-order valence-corrected chi connectivity index (χ4v) is 1.04. The Morgan fingerprint density at radius 2 is 1.78 bits per heavy atom. The molecule has 0 radical (unpaired) electrons. The van der Waals surface area contributed by atoms with E-state index in [0.717, 1.165) is 11.5 Å². The molecule has 1 heterocycles. The van der Waals surface area contributed by atoms with Crippen molar-refractivity contribution in [2.75, 3.05) is 0 Å². The molecule has 0 aliphatic rings. The maximum Gasteiger partial charge on any atom is 1.00 e.